The third-order valence-electron chi connectivity index (χ3n) is 1.65. The predicted molar refractivity (Wildman–Crippen MR) is 34.5 cm³/mol. The van der Waals surface area contributed by atoms with E-state index in [0.717, 1.165) is 0 Å². The fourth-order valence-corrected chi connectivity index (χ4v) is 1.08. The molecule has 54 valence electrons. The fraction of sp³-hybridized carbons (Fsp3) is 0.429. The van der Waals surface area contributed by atoms with Crippen LogP contribution < -0.4 is 0 Å². The molecule has 0 aromatic rings. The van der Waals surface area contributed by atoms with E-state index in [1.807, 2.05) is 0 Å². The minimum Gasteiger partial charge on any atom is -0.481 e. The van der Waals surface area contributed by atoms with E-state index in [2.05, 4.69) is 6.58 Å². The van der Waals surface area contributed by atoms with E-state index in [0.29, 0.717) is 5.57 Å². The SMILES string of the molecule is C=C1CC(=O)CC1C(=O)O. The zero-order valence-corrected chi connectivity index (χ0v) is 5.46. The third-order valence-corrected chi connectivity index (χ3v) is 1.65. The summed E-state index contributed by atoms with van der Waals surface area (Å²) in [5.74, 6) is -1.57. The molecule has 1 fully saturated rings. The molecular weight excluding hydrogens is 132 g/mol. The van der Waals surface area contributed by atoms with Crippen LogP contribution in [0.1, 0.15) is 12.8 Å². The molecule has 1 rings (SSSR count). The maximum Gasteiger partial charge on any atom is 0.311 e. The topological polar surface area (TPSA) is 54.4 Å². The van der Waals surface area contributed by atoms with Gasteiger partial charge in [0.1, 0.15) is 5.78 Å². The molecule has 0 amide bonds. The van der Waals surface area contributed by atoms with Gasteiger partial charge < -0.3 is 5.11 Å². The van der Waals surface area contributed by atoms with E-state index >= 15 is 0 Å². The molecule has 0 saturated heterocycles. The summed E-state index contributed by atoms with van der Waals surface area (Å²) in [5, 5.41) is 8.49. The van der Waals surface area contributed by atoms with Crippen LogP contribution in [0.2, 0.25) is 0 Å². The Morgan fingerprint density at radius 3 is 2.50 bits per heavy atom. The van der Waals surface area contributed by atoms with Crippen LogP contribution in [0.3, 0.4) is 0 Å². The number of carboxylic acids is 1. The van der Waals surface area contributed by atoms with Crippen LogP contribution in [-0.2, 0) is 9.59 Å². The summed E-state index contributed by atoms with van der Waals surface area (Å²) >= 11 is 0. The van der Waals surface area contributed by atoms with Gasteiger partial charge in [-0.15, -0.1) is 0 Å². The third kappa shape index (κ3) is 1.07. The van der Waals surface area contributed by atoms with Crippen molar-refractivity contribution in [2.75, 3.05) is 0 Å². The lowest BCUT2D eigenvalue weighted by atomic mass is 10.1. The van der Waals surface area contributed by atoms with Crippen LogP contribution in [0.15, 0.2) is 12.2 Å². The first-order chi connectivity index (χ1) is 4.61. The smallest absolute Gasteiger partial charge is 0.311 e. The molecule has 1 aliphatic carbocycles. The number of rotatable bonds is 1. The van der Waals surface area contributed by atoms with Gasteiger partial charge in [-0.3, -0.25) is 9.59 Å². The highest BCUT2D eigenvalue weighted by Crippen LogP contribution is 2.26. The number of aliphatic carboxylic acids is 1. The predicted octanol–water partition coefficient (Wildman–Crippen LogP) is 0.606. The molecule has 0 heterocycles. The van der Waals surface area contributed by atoms with E-state index in [4.69, 9.17) is 5.11 Å². The molecule has 1 saturated carbocycles. The summed E-state index contributed by atoms with van der Waals surface area (Å²) < 4.78 is 0. The van der Waals surface area contributed by atoms with E-state index in [1.54, 1.807) is 0 Å². The molecular formula is C7H8O3. The normalized spacial score (nSPS) is 25.4. The van der Waals surface area contributed by atoms with Crippen molar-refractivity contribution in [3.05, 3.63) is 12.2 Å². The van der Waals surface area contributed by atoms with E-state index in [9.17, 15) is 9.59 Å². The molecule has 1 unspecified atom stereocenters. The first-order valence-corrected chi connectivity index (χ1v) is 3.03. The van der Waals surface area contributed by atoms with Gasteiger partial charge in [-0.2, -0.15) is 0 Å². The Balaban J connectivity index is 2.72. The lowest BCUT2D eigenvalue weighted by Crippen LogP contribution is -2.10. The van der Waals surface area contributed by atoms with Crippen LogP contribution in [0.5, 0.6) is 0 Å². The second kappa shape index (κ2) is 2.25. The lowest BCUT2D eigenvalue weighted by Gasteiger charge is -2.00. The number of Topliss-reactive ketones (excluding diaryl/α,β-unsaturated/α-hetero) is 1. The molecule has 1 aliphatic rings. The summed E-state index contributed by atoms with van der Waals surface area (Å²) in [6.07, 6.45) is 0.380. The molecule has 1 atom stereocenters. The number of carbonyl (C=O) groups is 2. The van der Waals surface area contributed by atoms with Crippen molar-refractivity contribution in [2.45, 2.75) is 12.8 Å². The number of hydrogen-bond donors (Lipinski definition) is 1. The Morgan fingerprint density at radius 1 is 1.70 bits per heavy atom. The van der Waals surface area contributed by atoms with Crippen LogP contribution in [0, 0.1) is 5.92 Å². The Kier molecular flexibility index (Phi) is 1.57. The van der Waals surface area contributed by atoms with E-state index < -0.39 is 11.9 Å². The Hall–Kier alpha value is -1.12. The highest BCUT2D eigenvalue weighted by molar-refractivity contribution is 5.92. The maximum atomic E-state index is 10.6. The maximum absolute atomic E-state index is 10.6. The monoisotopic (exact) mass is 140 g/mol. The minimum atomic E-state index is -0.934. The standard InChI is InChI=1S/C7H8O3/c1-4-2-5(8)3-6(4)7(9)10/h6H,1-3H2,(H,9,10). The average Bonchev–Trinajstić information content (AvgIpc) is 2.10. The quantitative estimate of drug-likeness (QED) is 0.543. The fourth-order valence-electron chi connectivity index (χ4n) is 1.08. The number of carboxylic acid groups (broad SMARTS) is 1. The van der Waals surface area contributed by atoms with Gasteiger partial charge in [0.05, 0.1) is 5.92 Å². The van der Waals surface area contributed by atoms with Crippen molar-refractivity contribution in [2.24, 2.45) is 5.92 Å². The average molecular weight is 140 g/mol. The molecule has 10 heavy (non-hydrogen) atoms. The minimum absolute atomic E-state index is 0.0163. The molecule has 0 spiro atoms. The zero-order chi connectivity index (χ0) is 7.72. The lowest BCUT2D eigenvalue weighted by molar-refractivity contribution is -0.141. The van der Waals surface area contributed by atoms with Crippen molar-refractivity contribution in [3.8, 4) is 0 Å². The summed E-state index contributed by atoms with van der Waals surface area (Å²) in [6, 6.07) is 0. The van der Waals surface area contributed by atoms with Crippen molar-refractivity contribution >= 4 is 11.8 Å². The number of hydrogen-bond acceptors (Lipinski definition) is 2. The van der Waals surface area contributed by atoms with Gasteiger partial charge in [-0.05, 0) is 0 Å². The Bertz CT molecular complexity index is 205. The first kappa shape index (κ1) is 6.99. The summed E-state index contributed by atoms with van der Waals surface area (Å²) in [5.41, 5.74) is 0.539. The van der Waals surface area contributed by atoms with Gasteiger partial charge in [0.2, 0.25) is 0 Å². The Morgan fingerprint density at radius 2 is 2.30 bits per heavy atom. The van der Waals surface area contributed by atoms with Crippen molar-refractivity contribution < 1.29 is 14.7 Å². The van der Waals surface area contributed by atoms with Crippen LogP contribution in [0.4, 0.5) is 0 Å². The first-order valence-electron chi connectivity index (χ1n) is 3.03. The molecule has 3 heteroatoms. The molecule has 0 aliphatic heterocycles. The largest absolute Gasteiger partial charge is 0.481 e. The van der Waals surface area contributed by atoms with Crippen LogP contribution in [-0.4, -0.2) is 16.9 Å². The number of carbonyl (C=O) groups excluding carboxylic acids is 1. The van der Waals surface area contributed by atoms with E-state index in [1.165, 1.54) is 0 Å². The van der Waals surface area contributed by atoms with E-state index in [-0.39, 0.29) is 18.6 Å². The van der Waals surface area contributed by atoms with Crippen LogP contribution >= 0.6 is 0 Å². The molecule has 0 aromatic heterocycles. The van der Waals surface area contributed by atoms with Gasteiger partial charge >= 0.3 is 5.97 Å². The Labute approximate surface area is 58.4 Å². The highest BCUT2D eigenvalue weighted by atomic mass is 16.4. The van der Waals surface area contributed by atoms with Gasteiger partial charge in [-0.25, -0.2) is 0 Å². The molecule has 0 aromatic carbocycles. The summed E-state index contributed by atoms with van der Waals surface area (Å²) in [4.78, 5) is 21.0. The molecule has 3 nitrogen and oxygen atoms in total. The molecule has 1 N–H and O–H groups in total. The highest BCUT2D eigenvalue weighted by Gasteiger charge is 2.31. The summed E-state index contributed by atoms with van der Waals surface area (Å²) in [7, 11) is 0. The van der Waals surface area contributed by atoms with Gasteiger partial charge in [0.25, 0.3) is 0 Å². The second-order valence-corrected chi connectivity index (χ2v) is 2.47. The van der Waals surface area contributed by atoms with Gasteiger partial charge in [0, 0.05) is 12.8 Å². The summed E-state index contributed by atoms with van der Waals surface area (Å²) in [6.45, 7) is 3.51. The molecule has 0 radical (unpaired) electrons. The number of ketones is 1. The van der Waals surface area contributed by atoms with Crippen molar-refractivity contribution in [3.63, 3.8) is 0 Å². The van der Waals surface area contributed by atoms with Crippen LogP contribution in [0.25, 0.3) is 0 Å². The van der Waals surface area contributed by atoms with Crippen molar-refractivity contribution in [1.82, 2.24) is 0 Å². The molecule has 0 bridgehead atoms. The zero-order valence-electron chi connectivity index (χ0n) is 5.46. The van der Waals surface area contributed by atoms with Gasteiger partial charge in [-0.1, -0.05) is 12.2 Å². The van der Waals surface area contributed by atoms with Crippen molar-refractivity contribution in [1.29, 1.82) is 0 Å². The van der Waals surface area contributed by atoms with Gasteiger partial charge in [0.15, 0.2) is 0 Å². The second-order valence-electron chi connectivity index (χ2n) is 2.47.